The van der Waals surface area contributed by atoms with Crippen LogP contribution in [0.25, 0.3) is 0 Å². The van der Waals surface area contributed by atoms with E-state index in [2.05, 4.69) is 5.32 Å². The highest BCUT2D eigenvalue weighted by Crippen LogP contribution is 2.33. The van der Waals surface area contributed by atoms with Crippen molar-refractivity contribution in [1.82, 2.24) is 5.32 Å². The summed E-state index contributed by atoms with van der Waals surface area (Å²) in [5.74, 6) is -0.648. The molecule has 1 aliphatic rings. The van der Waals surface area contributed by atoms with E-state index in [1.807, 2.05) is 31.2 Å². The van der Waals surface area contributed by atoms with Crippen molar-refractivity contribution in [3.63, 3.8) is 0 Å². The molecule has 1 fully saturated rings. The molecule has 1 aromatic carbocycles. The summed E-state index contributed by atoms with van der Waals surface area (Å²) in [7, 11) is 0. The molecule has 1 aliphatic heterocycles. The predicted octanol–water partition coefficient (Wildman–Crippen LogP) is 1.37. The van der Waals surface area contributed by atoms with Crippen molar-refractivity contribution in [2.45, 2.75) is 38.8 Å². The van der Waals surface area contributed by atoms with Gasteiger partial charge in [0.25, 0.3) is 5.91 Å². The number of imide groups is 1. The number of hydrogen-bond acceptors (Lipinski definition) is 4. The molecule has 20 heavy (non-hydrogen) atoms. The molecule has 0 spiro atoms. The summed E-state index contributed by atoms with van der Waals surface area (Å²) in [5, 5.41) is 12.5. The Bertz CT molecular complexity index is 540. The molecule has 0 saturated carbocycles. The van der Waals surface area contributed by atoms with Crippen molar-refractivity contribution in [2.75, 3.05) is 11.4 Å². The van der Waals surface area contributed by atoms with Gasteiger partial charge in [-0.05, 0) is 26.3 Å². The van der Waals surface area contributed by atoms with Crippen LogP contribution in [0.4, 0.5) is 5.69 Å². The summed E-state index contributed by atoms with van der Waals surface area (Å²) in [4.78, 5) is 25.4. The number of aliphatic hydroxyl groups excluding tert-OH is 1. The maximum absolute atomic E-state index is 12.0. The van der Waals surface area contributed by atoms with Gasteiger partial charge in [-0.15, -0.1) is 0 Å². The smallest absolute Gasteiger partial charge is 0.251 e. The van der Waals surface area contributed by atoms with Gasteiger partial charge in [-0.3, -0.25) is 14.9 Å². The van der Waals surface area contributed by atoms with Crippen molar-refractivity contribution in [3.05, 3.63) is 29.8 Å². The van der Waals surface area contributed by atoms with E-state index in [1.165, 1.54) is 0 Å². The Labute approximate surface area is 118 Å². The number of hydrogen-bond donors (Lipinski definition) is 2. The summed E-state index contributed by atoms with van der Waals surface area (Å²) in [5.41, 5.74) is 0.637. The van der Waals surface area contributed by atoms with Gasteiger partial charge in [-0.25, -0.2) is 0 Å². The number of rotatable bonds is 3. The molecule has 1 atom stereocenters. The molecule has 0 aliphatic carbocycles. The average molecular weight is 276 g/mol. The van der Waals surface area contributed by atoms with Gasteiger partial charge in [0.05, 0.1) is 12.6 Å². The van der Waals surface area contributed by atoms with Crippen LogP contribution in [0.2, 0.25) is 0 Å². The number of carbonyl (C=O) groups is 2. The topological polar surface area (TPSA) is 69.6 Å². The average Bonchev–Trinajstić information content (AvgIpc) is 2.42. The number of para-hydroxylation sites is 1. The number of carbonyl (C=O) groups excluding carboxylic acids is 2. The second-order valence-electron chi connectivity index (χ2n) is 5.51. The molecule has 1 aromatic rings. The Morgan fingerprint density at radius 2 is 2.00 bits per heavy atom. The summed E-state index contributed by atoms with van der Waals surface area (Å²) >= 11 is 0. The standard InChI is InChI=1S/C15H20N2O3/c1-4-12(18)10-7-5-6-8-11(10)17-9-13(19)16-14(20)15(17,2)3/h5-8,12,18H,4,9H2,1-3H3,(H,16,19,20)/t12-/m0/s1. The zero-order chi connectivity index (χ0) is 14.9. The second-order valence-corrected chi connectivity index (χ2v) is 5.51. The fraction of sp³-hybridized carbons (Fsp3) is 0.467. The van der Waals surface area contributed by atoms with E-state index in [0.717, 1.165) is 11.3 Å². The van der Waals surface area contributed by atoms with E-state index in [-0.39, 0.29) is 18.4 Å². The highest BCUT2D eigenvalue weighted by atomic mass is 16.3. The molecule has 1 heterocycles. The lowest BCUT2D eigenvalue weighted by atomic mass is 9.95. The first-order valence-corrected chi connectivity index (χ1v) is 6.76. The van der Waals surface area contributed by atoms with Crippen LogP contribution in [0.3, 0.4) is 0 Å². The third-order valence-corrected chi connectivity index (χ3v) is 3.76. The van der Waals surface area contributed by atoms with Gasteiger partial charge in [0.1, 0.15) is 5.54 Å². The lowest BCUT2D eigenvalue weighted by molar-refractivity contribution is -0.135. The van der Waals surface area contributed by atoms with Gasteiger partial charge in [-0.1, -0.05) is 25.1 Å². The number of nitrogens with one attached hydrogen (secondary N) is 1. The van der Waals surface area contributed by atoms with Crippen molar-refractivity contribution in [2.24, 2.45) is 0 Å². The normalized spacial score (nSPS) is 19.7. The van der Waals surface area contributed by atoms with E-state index < -0.39 is 11.6 Å². The van der Waals surface area contributed by atoms with E-state index in [9.17, 15) is 14.7 Å². The highest BCUT2D eigenvalue weighted by Gasteiger charge is 2.41. The molecule has 0 bridgehead atoms. The van der Waals surface area contributed by atoms with E-state index >= 15 is 0 Å². The molecule has 0 radical (unpaired) electrons. The highest BCUT2D eigenvalue weighted by molar-refractivity contribution is 6.06. The van der Waals surface area contributed by atoms with Crippen molar-refractivity contribution >= 4 is 17.5 Å². The largest absolute Gasteiger partial charge is 0.388 e. The molecule has 5 heteroatoms. The fourth-order valence-electron chi connectivity index (χ4n) is 2.40. The number of amides is 2. The molecule has 1 saturated heterocycles. The molecule has 0 aromatic heterocycles. The number of aliphatic hydroxyl groups is 1. The molecule has 2 amide bonds. The molecular formula is C15H20N2O3. The summed E-state index contributed by atoms with van der Waals surface area (Å²) < 4.78 is 0. The van der Waals surface area contributed by atoms with Crippen molar-refractivity contribution in [3.8, 4) is 0 Å². The van der Waals surface area contributed by atoms with Gasteiger partial charge in [0, 0.05) is 11.3 Å². The minimum absolute atomic E-state index is 0.103. The number of nitrogens with zero attached hydrogens (tertiary/aromatic N) is 1. The summed E-state index contributed by atoms with van der Waals surface area (Å²) in [6.07, 6.45) is -0.0343. The van der Waals surface area contributed by atoms with Crippen LogP contribution in [0.15, 0.2) is 24.3 Å². The molecule has 5 nitrogen and oxygen atoms in total. The quantitative estimate of drug-likeness (QED) is 0.818. The molecule has 2 N–H and O–H groups in total. The monoisotopic (exact) mass is 276 g/mol. The fourth-order valence-corrected chi connectivity index (χ4v) is 2.40. The van der Waals surface area contributed by atoms with Crippen LogP contribution in [-0.2, 0) is 9.59 Å². The Morgan fingerprint density at radius 3 is 2.65 bits per heavy atom. The maximum Gasteiger partial charge on any atom is 0.251 e. The third kappa shape index (κ3) is 2.41. The lowest BCUT2D eigenvalue weighted by Gasteiger charge is -2.43. The van der Waals surface area contributed by atoms with Crippen molar-refractivity contribution in [1.29, 1.82) is 0 Å². The van der Waals surface area contributed by atoms with Gasteiger partial charge in [0.15, 0.2) is 0 Å². The molecule has 0 unspecified atom stereocenters. The second kappa shape index (κ2) is 5.25. The summed E-state index contributed by atoms with van der Waals surface area (Å²) in [6, 6.07) is 7.35. The van der Waals surface area contributed by atoms with Gasteiger partial charge < -0.3 is 10.0 Å². The first-order valence-electron chi connectivity index (χ1n) is 6.76. The third-order valence-electron chi connectivity index (χ3n) is 3.76. The Morgan fingerprint density at radius 1 is 1.35 bits per heavy atom. The maximum atomic E-state index is 12.0. The SMILES string of the molecule is CC[C@H](O)c1ccccc1N1CC(=O)NC(=O)C1(C)C. The van der Waals surface area contributed by atoms with E-state index in [4.69, 9.17) is 0 Å². The van der Waals surface area contributed by atoms with Crippen LogP contribution in [0.5, 0.6) is 0 Å². The number of benzene rings is 1. The molecule has 108 valence electrons. The van der Waals surface area contributed by atoms with Crippen LogP contribution in [0.1, 0.15) is 38.9 Å². The zero-order valence-electron chi connectivity index (χ0n) is 12.0. The predicted molar refractivity (Wildman–Crippen MR) is 76.3 cm³/mol. The lowest BCUT2D eigenvalue weighted by Crippen LogP contribution is -2.64. The minimum atomic E-state index is -0.836. The van der Waals surface area contributed by atoms with Gasteiger partial charge in [-0.2, -0.15) is 0 Å². The van der Waals surface area contributed by atoms with Crippen molar-refractivity contribution < 1.29 is 14.7 Å². The zero-order valence-corrected chi connectivity index (χ0v) is 12.0. The Balaban J connectivity index is 2.49. The minimum Gasteiger partial charge on any atom is -0.388 e. The number of piperazine rings is 1. The Kier molecular flexibility index (Phi) is 3.81. The Hall–Kier alpha value is -1.88. The van der Waals surface area contributed by atoms with Gasteiger partial charge >= 0.3 is 0 Å². The van der Waals surface area contributed by atoms with Crippen LogP contribution in [-0.4, -0.2) is 29.0 Å². The molecular weight excluding hydrogens is 256 g/mol. The first kappa shape index (κ1) is 14.5. The van der Waals surface area contributed by atoms with E-state index in [0.29, 0.717) is 6.42 Å². The summed E-state index contributed by atoms with van der Waals surface area (Å²) in [6.45, 7) is 5.53. The van der Waals surface area contributed by atoms with Gasteiger partial charge in [0.2, 0.25) is 5.91 Å². The van der Waals surface area contributed by atoms with Crippen LogP contribution < -0.4 is 10.2 Å². The van der Waals surface area contributed by atoms with Crippen LogP contribution in [0, 0.1) is 0 Å². The van der Waals surface area contributed by atoms with Crippen LogP contribution >= 0.6 is 0 Å². The van der Waals surface area contributed by atoms with E-state index in [1.54, 1.807) is 18.7 Å². The number of anilines is 1. The molecule has 2 rings (SSSR count). The first-order chi connectivity index (χ1) is 9.37.